The molecule has 0 atom stereocenters. The maximum atomic E-state index is 13.2. The third-order valence-electron chi connectivity index (χ3n) is 2.54. The highest BCUT2D eigenvalue weighted by atomic mass is 19.3. The van der Waals surface area contributed by atoms with Gasteiger partial charge in [-0.1, -0.05) is 24.3 Å². The van der Waals surface area contributed by atoms with E-state index in [4.69, 9.17) is 5.11 Å². The van der Waals surface area contributed by atoms with E-state index in [1.54, 1.807) is 0 Å². The van der Waals surface area contributed by atoms with E-state index in [2.05, 4.69) is 4.98 Å². The van der Waals surface area contributed by atoms with Crippen LogP contribution in [0.2, 0.25) is 0 Å². The number of carboxylic acid groups (broad SMARTS) is 1. The molecule has 0 aliphatic heterocycles. The zero-order chi connectivity index (χ0) is 14.0. The monoisotopic (exact) mass is 267 g/mol. The van der Waals surface area contributed by atoms with Crippen LogP contribution in [0.25, 0.3) is 11.3 Å². The van der Waals surface area contributed by atoms with E-state index in [-0.39, 0.29) is 0 Å². The summed E-state index contributed by atoms with van der Waals surface area (Å²) >= 11 is 0. The van der Waals surface area contributed by atoms with Crippen molar-refractivity contribution in [2.45, 2.75) is 5.92 Å². The Labute approximate surface area is 106 Å². The number of hydrogen-bond acceptors (Lipinski definition) is 2. The molecule has 0 bridgehead atoms. The fourth-order valence-corrected chi connectivity index (χ4v) is 1.52. The summed E-state index contributed by atoms with van der Waals surface area (Å²) in [5.74, 6) is -6.65. The predicted molar refractivity (Wildman–Crippen MR) is 61.2 cm³/mol. The van der Waals surface area contributed by atoms with Gasteiger partial charge in [0.15, 0.2) is 0 Å². The number of aromatic nitrogens is 1. The molecule has 1 heterocycles. The number of alkyl halides is 2. The summed E-state index contributed by atoms with van der Waals surface area (Å²) in [4.78, 5) is 14.2. The molecule has 0 aliphatic rings. The molecule has 1 N–H and O–H groups in total. The van der Waals surface area contributed by atoms with Gasteiger partial charge in [0.25, 0.3) is 0 Å². The normalized spacial score (nSPS) is 11.3. The number of benzene rings is 1. The molecule has 3 nitrogen and oxygen atoms in total. The molecule has 2 aromatic rings. The van der Waals surface area contributed by atoms with Crippen LogP contribution in [0.15, 0.2) is 42.6 Å². The van der Waals surface area contributed by atoms with Crippen LogP contribution >= 0.6 is 0 Å². The Hall–Kier alpha value is -2.37. The molecule has 0 saturated heterocycles. The van der Waals surface area contributed by atoms with Crippen LogP contribution in [-0.2, 0) is 10.7 Å². The van der Waals surface area contributed by atoms with Crippen molar-refractivity contribution in [3.8, 4) is 11.3 Å². The Morgan fingerprint density at radius 3 is 2.21 bits per heavy atom. The maximum Gasteiger partial charge on any atom is 0.379 e. The molecular weight excluding hydrogens is 259 g/mol. The second kappa shape index (κ2) is 4.72. The summed E-state index contributed by atoms with van der Waals surface area (Å²) in [6.07, 6.45) is 1.01. The van der Waals surface area contributed by atoms with Gasteiger partial charge in [0.05, 0.1) is 11.9 Å². The Balaban J connectivity index is 2.33. The third-order valence-corrected chi connectivity index (χ3v) is 2.54. The molecule has 6 heteroatoms. The average molecular weight is 267 g/mol. The second-order valence-electron chi connectivity index (χ2n) is 3.82. The van der Waals surface area contributed by atoms with Crippen LogP contribution in [0.1, 0.15) is 5.56 Å². The quantitative estimate of drug-likeness (QED) is 0.929. The molecule has 0 unspecified atom stereocenters. The Morgan fingerprint density at radius 1 is 1.11 bits per heavy atom. The summed E-state index contributed by atoms with van der Waals surface area (Å²) in [5, 5.41) is 8.41. The van der Waals surface area contributed by atoms with Crippen molar-refractivity contribution in [1.82, 2.24) is 4.98 Å². The van der Waals surface area contributed by atoms with Gasteiger partial charge in [-0.25, -0.2) is 9.18 Å². The van der Waals surface area contributed by atoms with E-state index in [1.807, 2.05) is 0 Å². The van der Waals surface area contributed by atoms with Gasteiger partial charge in [-0.2, -0.15) is 8.78 Å². The van der Waals surface area contributed by atoms with Gasteiger partial charge < -0.3 is 5.11 Å². The van der Waals surface area contributed by atoms with Crippen LogP contribution in [-0.4, -0.2) is 16.1 Å². The highest BCUT2D eigenvalue weighted by molar-refractivity contribution is 5.77. The molecule has 1 aromatic heterocycles. The number of pyridine rings is 1. The summed E-state index contributed by atoms with van der Waals surface area (Å²) in [6, 6.07) is 7.24. The molecule has 0 radical (unpaired) electrons. The van der Waals surface area contributed by atoms with E-state index in [9.17, 15) is 18.0 Å². The predicted octanol–water partition coefficient (Wildman–Crippen LogP) is 3.06. The third kappa shape index (κ3) is 2.57. The van der Waals surface area contributed by atoms with Gasteiger partial charge in [0.1, 0.15) is 5.82 Å². The first-order valence-electron chi connectivity index (χ1n) is 5.25. The molecule has 1 aromatic carbocycles. The molecule has 0 amide bonds. The molecule has 0 spiro atoms. The van der Waals surface area contributed by atoms with Crippen LogP contribution in [0, 0.1) is 5.82 Å². The largest absolute Gasteiger partial charge is 0.477 e. The molecular formula is C13H8F3NO2. The van der Waals surface area contributed by atoms with Crippen LogP contribution in [0.5, 0.6) is 0 Å². The number of aliphatic carboxylic acids is 1. The minimum atomic E-state index is -3.94. The lowest BCUT2D eigenvalue weighted by Crippen LogP contribution is -2.25. The molecule has 0 fully saturated rings. The number of carboxylic acids is 1. The number of rotatable bonds is 3. The topological polar surface area (TPSA) is 50.2 Å². The standard InChI is InChI=1S/C13H8F3NO2/c14-10-5-6-11(17-7-10)8-1-3-9(4-2-8)13(15,16)12(18)19/h1-7H,(H,18,19). The minimum Gasteiger partial charge on any atom is -0.477 e. The number of carbonyl (C=O) groups is 1. The molecule has 0 aliphatic carbocycles. The fraction of sp³-hybridized carbons (Fsp3) is 0.0769. The molecule has 19 heavy (non-hydrogen) atoms. The summed E-state index contributed by atoms with van der Waals surface area (Å²) in [7, 11) is 0. The Kier molecular flexibility index (Phi) is 3.25. The summed E-state index contributed by atoms with van der Waals surface area (Å²) < 4.78 is 39.1. The fourth-order valence-electron chi connectivity index (χ4n) is 1.52. The van der Waals surface area contributed by atoms with E-state index in [1.165, 1.54) is 24.3 Å². The highest BCUT2D eigenvalue weighted by Gasteiger charge is 2.40. The SMILES string of the molecule is O=C(O)C(F)(F)c1ccc(-c2ccc(F)cn2)cc1. The van der Waals surface area contributed by atoms with Gasteiger partial charge in [0, 0.05) is 11.1 Å². The Morgan fingerprint density at radius 2 is 1.74 bits per heavy atom. The lowest BCUT2D eigenvalue weighted by Gasteiger charge is -2.11. The first kappa shape index (κ1) is 13.1. The van der Waals surface area contributed by atoms with Crippen molar-refractivity contribution >= 4 is 5.97 Å². The summed E-state index contributed by atoms with van der Waals surface area (Å²) in [6.45, 7) is 0. The summed E-state index contributed by atoms with van der Waals surface area (Å²) in [5.41, 5.74) is 0.280. The first-order chi connectivity index (χ1) is 8.91. The van der Waals surface area contributed by atoms with E-state index in [0.717, 1.165) is 18.3 Å². The van der Waals surface area contributed by atoms with Crippen LogP contribution < -0.4 is 0 Å². The van der Waals surface area contributed by atoms with Crippen LogP contribution in [0.3, 0.4) is 0 Å². The van der Waals surface area contributed by atoms with Crippen LogP contribution in [0.4, 0.5) is 13.2 Å². The first-order valence-corrected chi connectivity index (χ1v) is 5.25. The van der Waals surface area contributed by atoms with Crippen molar-refractivity contribution in [3.63, 3.8) is 0 Å². The Bertz CT molecular complexity index is 594. The lowest BCUT2D eigenvalue weighted by molar-refractivity contribution is -0.166. The van der Waals surface area contributed by atoms with E-state index in [0.29, 0.717) is 11.3 Å². The minimum absolute atomic E-state index is 0.409. The number of nitrogens with zero attached hydrogens (tertiary/aromatic N) is 1. The lowest BCUT2D eigenvalue weighted by atomic mass is 10.0. The smallest absolute Gasteiger partial charge is 0.379 e. The molecule has 0 saturated carbocycles. The van der Waals surface area contributed by atoms with Crippen molar-refractivity contribution in [3.05, 3.63) is 54.0 Å². The number of hydrogen-bond donors (Lipinski definition) is 1. The molecule has 98 valence electrons. The highest BCUT2D eigenvalue weighted by Crippen LogP contribution is 2.29. The van der Waals surface area contributed by atoms with Crippen molar-refractivity contribution in [2.24, 2.45) is 0 Å². The average Bonchev–Trinajstić information content (AvgIpc) is 2.39. The maximum absolute atomic E-state index is 13.2. The molecule has 2 rings (SSSR count). The van der Waals surface area contributed by atoms with Crippen molar-refractivity contribution in [1.29, 1.82) is 0 Å². The van der Waals surface area contributed by atoms with Crippen molar-refractivity contribution < 1.29 is 23.1 Å². The second-order valence-corrected chi connectivity index (χ2v) is 3.82. The van der Waals surface area contributed by atoms with Gasteiger partial charge in [-0.15, -0.1) is 0 Å². The number of halogens is 3. The van der Waals surface area contributed by atoms with Gasteiger partial charge >= 0.3 is 11.9 Å². The zero-order valence-electron chi connectivity index (χ0n) is 9.48. The van der Waals surface area contributed by atoms with Gasteiger partial charge in [-0.3, -0.25) is 4.98 Å². The van der Waals surface area contributed by atoms with Crippen molar-refractivity contribution in [2.75, 3.05) is 0 Å². The zero-order valence-corrected chi connectivity index (χ0v) is 9.48. The van der Waals surface area contributed by atoms with E-state index >= 15 is 0 Å². The van der Waals surface area contributed by atoms with E-state index < -0.39 is 23.3 Å². The van der Waals surface area contributed by atoms with Gasteiger partial charge in [-0.05, 0) is 12.1 Å². The van der Waals surface area contributed by atoms with Gasteiger partial charge in [0.2, 0.25) is 0 Å².